The Morgan fingerprint density at radius 2 is 1.90 bits per heavy atom. The summed E-state index contributed by atoms with van der Waals surface area (Å²) < 4.78 is 0. The van der Waals surface area contributed by atoms with E-state index in [0.29, 0.717) is 18.8 Å². The Balaban J connectivity index is 1.66. The van der Waals surface area contributed by atoms with Crippen molar-refractivity contribution in [1.29, 1.82) is 0 Å². The molecular weight excluding hydrogens is 290 g/mol. The van der Waals surface area contributed by atoms with Crippen molar-refractivity contribution in [3.63, 3.8) is 0 Å². The fourth-order valence-electron chi connectivity index (χ4n) is 1.91. The molecule has 1 N–H and O–H groups in total. The molecule has 106 valence electrons. The molecule has 4 heteroatoms. The largest absolute Gasteiger partial charge is 0.352 e. The first-order chi connectivity index (χ1) is 9.78. The van der Waals surface area contributed by atoms with E-state index in [-0.39, 0.29) is 5.91 Å². The van der Waals surface area contributed by atoms with Crippen LogP contribution in [0.3, 0.4) is 0 Å². The number of hydrogen-bond donors (Lipinski definition) is 1. The van der Waals surface area contributed by atoms with Crippen LogP contribution in [0, 0.1) is 0 Å². The number of alkyl halides is 1. The Morgan fingerprint density at radius 1 is 1.15 bits per heavy atom. The minimum absolute atomic E-state index is 0.114. The number of hydrogen-bond acceptors (Lipinski definition) is 2. The Bertz CT molecular complexity index is 522. The molecule has 0 spiro atoms. The molecule has 1 aromatic heterocycles. The van der Waals surface area contributed by atoms with E-state index < -0.39 is 0 Å². The summed E-state index contributed by atoms with van der Waals surface area (Å²) in [5, 5.41) is 5.02. The highest BCUT2D eigenvalue weighted by Crippen LogP contribution is 2.12. The zero-order chi connectivity index (χ0) is 14.2. The van der Waals surface area contributed by atoms with Gasteiger partial charge in [0.15, 0.2) is 0 Å². The van der Waals surface area contributed by atoms with Gasteiger partial charge in [0.25, 0.3) is 0 Å². The molecule has 1 heterocycles. The molecular formula is C16H18ClNOS. The first-order valence-electron chi connectivity index (χ1n) is 6.71. The van der Waals surface area contributed by atoms with Gasteiger partial charge in [0, 0.05) is 23.7 Å². The van der Waals surface area contributed by atoms with Crippen LogP contribution in [-0.4, -0.2) is 5.91 Å². The summed E-state index contributed by atoms with van der Waals surface area (Å²) in [6.07, 6.45) is 2.46. The predicted octanol–water partition coefficient (Wildman–Crippen LogP) is 4.13. The van der Waals surface area contributed by atoms with Gasteiger partial charge in [-0.15, -0.1) is 22.9 Å². The zero-order valence-corrected chi connectivity index (χ0v) is 12.8. The smallest absolute Gasteiger partial charge is 0.220 e. The summed E-state index contributed by atoms with van der Waals surface area (Å²) in [5.41, 5.74) is 2.20. The number of benzene rings is 1. The minimum Gasteiger partial charge on any atom is -0.352 e. The summed E-state index contributed by atoms with van der Waals surface area (Å²) in [5.74, 6) is 0.637. The van der Waals surface area contributed by atoms with Gasteiger partial charge in [-0.1, -0.05) is 30.3 Å². The normalized spacial score (nSPS) is 10.4. The van der Waals surface area contributed by atoms with Crippen molar-refractivity contribution < 1.29 is 4.79 Å². The van der Waals surface area contributed by atoms with Gasteiger partial charge in [-0.3, -0.25) is 4.79 Å². The van der Waals surface area contributed by atoms with E-state index in [4.69, 9.17) is 11.6 Å². The lowest BCUT2D eigenvalue weighted by molar-refractivity contribution is -0.121. The predicted molar refractivity (Wildman–Crippen MR) is 85.1 cm³/mol. The maximum Gasteiger partial charge on any atom is 0.220 e. The van der Waals surface area contributed by atoms with Crippen molar-refractivity contribution in [1.82, 2.24) is 5.32 Å². The van der Waals surface area contributed by atoms with E-state index >= 15 is 0 Å². The van der Waals surface area contributed by atoms with Gasteiger partial charge in [0.2, 0.25) is 5.91 Å². The number of aryl methyl sites for hydroxylation is 1. The molecule has 20 heavy (non-hydrogen) atoms. The molecule has 0 atom stereocenters. The Morgan fingerprint density at radius 3 is 2.55 bits per heavy atom. The van der Waals surface area contributed by atoms with Gasteiger partial charge in [-0.25, -0.2) is 0 Å². The molecule has 2 aromatic rings. The van der Waals surface area contributed by atoms with Gasteiger partial charge in [0.05, 0.1) is 0 Å². The van der Waals surface area contributed by atoms with Crippen molar-refractivity contribution in [2.75, 3.05) is 0 Å². The van der Waals surface area contributed by atoms with Crippen LogP contribution in [0.5, 0.6) is 0 Å². The highest BCUT2D eigenvalue weighted by molar-refractivity contribution is 7.09. The molecule has 2 nitrogen and oxygen atoms in total. The van der Waals surface area contributed by atoms with Gasteiger partial charge in [0.1, 0.15) is 0 Å². The molecule has 1 amide bonds. The number of amides is 1. The summed E-state index contributed by atoms with van der Waals surface area (Å²) in [6, 6.07) is 12.1. The Hall–Kier alpha value is -1.32. The molecule has 0 saturated heterocycles. The molecule has 0 aliphatic heterocycles. The van der Waals surface area contributed by atoms with Crippen LogP contribution in [0.2, 0.25) is 0 Å². The van der Waals surface area contributed by atoms with E-state index in [2.05, 4.69) is 16.8 Å². The van der Waals surface area contributed by atoms with E-state index in [1.54, 1.807) is 11.3 Å². The van der Waals surface area contributed by atoms with E-state index in [1.165, 1.54) is 4.88 Å². The lowest BCUT2D eigenvalue weighted by Gasteiger charge is -2.06. The fraction of sp³-hybridized carbons (Fsp3) is 0.312. The molecule has 0 aliphatic rings. The van der Waals surface area contributed by atoms with Gasteiger partial charge in [-0.2, -0.15) is 0 Å². The summed E-state index contributed by atoms with van der Waals surface area (Å²) in [7, 11) is 0. The lowest BCUT2D eigenvalue weighted by atomic mass is 10.1. The molecule has 0 saturated carbocycles. The SMILES string of the molecule is O=C(CCCc1cccs1)NCc1ccc(CCl)cc1. The standard InChI is InChI=1S/C16H18ClNOS/c17-11-13-6-8-14(9-7-13)12-18-16(19)5-1-3-15-4-2-10-20-15/h2,4,6-10H,1,3,5,11-12H2,(H,18,19). The molecule has 1 aromatic carbocycles. The number of rotatable bonds is 7. The van der Waals surface area contributed by atoms with Crippen LogP contribution in [-0.2, 0) is 23.6 Å². The van der Waals surface area contributed by atoms with E-state index in [9.17, 15) is 4.79 Å². The van der Waals surface area contributed by atoms with Crippen molar-refractivity contribution in [3.8, 4) is 0 Å². The topological polar surface area (TPSA) is 29.1 Å². The van der Waals surface area contributed by atoms with Crippen molar-refractivity contribution >= 4 is 28.8 Å². The third-order valence-electron chi connectivity index (χ3n) is 3.07. The fourth-order valence-corrected chi connectivity index (χ4v) is 2.84. The van der Waals surface area contributed by atoms with Crippen LogP contribution >= 0.6 is 22.9 Å². The maximum atomic E-state index is 11.7. The lowest BCUT2D eigenvalue weighted by Crippen LogP contribution is -2.22. The second-order valence-corrected chi connectivity index (χ2v) is 5.96. The van der Waals surface area contributed by atoms with Crippen LogP contribution < -0.4 is 5.32 Å². The summed E-state index contributed by atoms with van der Waals surface area (Å²) >= 11 is 7.48. The summed E-state index contributed by atoms with van der Waals surface area (Å²) in [4.78, 5) is 13.1. The van der Waals surface area contributed by atoms with E-state index in [1.807, 2.05) is 30.3 Å². The minimum atomic E-state index is 0.114. The molecule has 0 radical (unpaired) electrons. The monoisotopic (exact) mass is 307 g/mol. The number of carbonyl (C=O) groups is 1. The molecule has 0 unspecified atom stereocenters. The second kappa shape index (κ2) is 8.08. The first kappa shape index (κ1) is 15.1. The summed E-state index contributed by atoms with van der Waals surface area (Å²) in [6.45, 7) is 0.584. The van der Waals surface area contributed by atoms with E-state index in [0.717, 1.165) is 24.0 Å². The highest BCUT2D eigenvalue weighted by Gasteiger charge is 2.02. The van der Waals surface area contributed by atoms with Crippen LogP contribution in [0.25, 0.3) is 0 Å². The van der Waals surface area contributed by atoms with Crippen LogP contribution in [0.15, 0.2) is 41.8 Å². The van der Waals surface area contributed by atoms with Gasteiger partial charge in [-0.05, 0) is 35.4 Å². The average molecular weight is 308 g/mol. The van der Waals surface area contributed by atoms with Crippen molar-refractivity contribution in [3.05, 3.63) is 57.8 Å². The number of carbonyl (C=O) groups excluding carboxylic acids is 1. The van der Waals surface area contributed by atoms with Crippen molar-refractivity contribution in [2.24, 2.45) is 0 Å². The van der Waals surface area contributed by atoms with Crippen molar-refractivity contribution in [2.45, 2.75) is 31.7 Å². The second-order valence-electron chi connectivity index (χ2n) is 4.66. The number of nitrogens with one attached hydrogen (secondary N) is 1. The third-order valence-corrected chi connectivity index (χ3v) is 4.32. The third kappa shape index (κ3) is 4.99. The van der Waals surface area contributed by atoms with Crippen LogP contribution in [0.4, 0.5) is 0 Å². The van der Waals surface area contributed by atoms with Crippen LogP contribution in [0.1, 0.15) is 28.8 Å². The molecule has 0 bridgehead atoms. The molecule has 2 rings (SSSR count). The quantitative estimate of drug-likeness (QED) is 0.766. The Labute approximate surface area is 128 Å². The first-order valence-corrected chi connectivity index (χ1v) is 8.12. The maximum absolute atomic E-state index is 11.7. The average Bonchev–Trinajstić information content (AvgIpc) is 2.99. The zero-order valence-electron chi connectivity index (χ0n) is 11.3. The van der Waals surface area contributed by atoms with Gasteiger partial charge < -0.3 is 5.32 Å². The van der Waals surface area contributed by atoms with Gasteiger partial charge >= 0.3 is 0 Å². The number of thiophene rings is 1. The molecule has 0 fully saturated rings. The highest BCUT2D eigenvalue weighted by atomic mass is 35.5. The number of halogens is 1. The molecule has 0 aliphatic carbocycles. The Kier molecular flexibility index (Phi) is 6.09.